The van der Waals surface area contributed by atoms with Crippen LogP contribution in [-0.2, 0) is 9.53 Å². The van der Waals surface area contributed by atoms with Gasteiger partial charge in [-0.3, -0.25) is 0 Å². The minimum atomic E-state index is -0.341. The van der Waals surface area contributed by atoms with E-state index in [1.165, 1.54) is 6.08 Å². The Bertz CT molecular complexity index is 583. The van der Waals surface area contributed by atoms with Crippen LogP contribution >= 0.6 is 0 Å². The third-order valence-electron chi connectivity index (χ3n) is 2.64. The Morgan fingerprint density at radius 2 is 1.40 bits per heavy atom. The van der Waals surface area contributed by atoms with Gasteiger partial charge in [-0.05, 0) is 23.3 Å². The molecule has 2 aromatic carbocycles. The highest BCUT2D eigenvalue weighted by Crippen LogP contribution is 2.02. The first kappa shape index (κ1) is 13.8. The molecule has 20 heavy (non-hydrogen) atoms. The van der Waals surface area contributed by atoms with Crippen molar-refractivity contribution in [3.05, 3.63) is 83.9 Å². The van der Waals surface area contributed by atoms with Crippen LogP contribution in [0.1, 0.15) is 11.1 Å². The van der Waals surface area contributed by atoms with Gasteiger partial charge in [-0.25, -0.2) is 4.79 Å². The van der Waals surface area contributed by atoms with E-state index in [0.29, 0.717) is 0 Å². The molecule has 2 rings (SSSR count). The summed E-state index contributed by atoms with van der Waals surface area (Å²) in [6.45, 7) is 0.271. The third kappa shape index (κ3) is 4.94. The minimum absolute atomic E-state index is 0.271. The predicted octanol–water partition coefficient (Wildman–Crippen LogP) is 3.96. The van der Waals surface area contributed by atoms with Crippen LogP contribution in [0.3, 0.4) is 0 Å². The van der Waals surface area contributed by atoms with E-state index in [2.05, 4.69) is 0 Å². The predicted molar refractivity (Wildman–Crippen MR) is 81.9 cm³/mol. The molecule has 2 nitrogen and oxygen atoms in total. The first-order valence-electron chi connectivity index (χ1n) is 6.46. The van der Waals surface area contributed by atoms with Gasteiger partial charge < -0.3 is 4.74 Å². The van der Waals surface area contributed by atoms with Crippen molar-refractivity contribution in [3.63, 3.8) is 0 Å². The van der Waals surface area contributed by atoms with Gasteiger partial charge in [0.2, 0.25) is 0 Å². The summed E-state index contributed by atoms with van der Waals surface area (Å²) in [4.78, 5) is 11.5. The van der Waals surface area contributed by atoms with E-state index < -0.39 is 0 Å². The second-order valence-electron chi connectivity index (χ2n) is 4.19. The SMILES string of the molecule is O=C(/C=C\c1ccccc1)OCC=Cc1ccccc1. The zero-order chi connectivity index (χ0) is 14.0. The third-order valence-corrected chi connectivity index (χ3v) is 2.64. The highest BCUT2D eigenvalue weighted by atomic mass is 16.5. The standard InChI is InChI=1S/C18H16O2/c19-18(14-13-17-10-5-2-6-11-17)20-15-7-12-16-8-3-1-4-9-16/h1-14H,15H2/b12-7?,14-13-. The van der Waals surface area contributed by atoms with Crippen molar-refractivity contribution in [1.29, 1.82) is 0 Å². The first-order valence-corrected chi connectivity index (χ1v) is 6.46. The van der Waals surface area contributed by atoms with Crippen LogP contribution in [-0.4, -0.2) is 12.6 Å². The number of hydrogen-bond acceptors (Lipinski definition) is 2. The molecule has 0 amide bonds. The van der Waals surface area contributed by atoms with E-state index in [1.54, 1.807) is 6.08 Å². The Hall–Kier alpha value is -2.61. The number of esters is 1. The monoisotopic (exact) mass is 264 g/mol. The fourth-order valence-corrected chi connectivity index (χ4v) is 1.66. The molecule has 0 saturated heterocycles. The van der Waals surface area contributed by atoms with Crippen molar-refractivity contribution in [2.24, 2.45) is 0 Å². The molecule has 100 valence electrons. The lowest BCUT2D eigenvalue weighted by Gasteiger charge is -1.97. The summed E-state index contributed by atoms with van der Waals surface area (Å²) in [5.74, 6) is -0.341. The number of ether oxygens (including phenoxy) is 1. The molecule has 0 heterocycles. The van der Waals surface area contributed by atoms with Crippen molar-refractivity contribution in [2.45, 2.75) is 0 Å². The van der Waals surface area contributed by atoms with Gasteiger partial charge in [0.25, 0.3) is 0 Å². The summed E-state index contributed by atoms with van der Waals surface area (Å²) < 4.78 is 5.07. The summed E-state index contributed by atoms with van der Waals surface area (Å²) in [6, 6.07) is 19.5. The maximum absolute atomic E-state index is 11.5. The van der Waals surface area contributed by atoms with Gasteiger partial charge in [0.15, 0.2) is 0 Å². The van der Waals surface area contributed by atoms with Crippen molar-refractivity contribution in [1.82, 2.24) is 0 Å². The van der Waals surface area contributed by atoms with Gasteiger partial charge in [-0.1, -0.05) is 66.7 Å². The van der Waals surface area contributed by atoms with Gasteiger partial charge in [0.1, 0.15) is 6.61 Å². The number of carbonyl (C=O) groups excluding carboxylic acids is 1. The van der Waals surface area contributed by atoms with Gasteiger partial charge >= 0.3 is 5.97 Å². The van der Waals surface area contributed by atoms with E-state index >= 15 is 0 Å². The number of hydrogen-bond donors (Lipinski definition) is 0. The molecule has 0 radical (unpaired) electrons. The zero-order valence-electron chi connectivity index (χ0n) is 11.1. The van der Waals surface area contributed by atoms with Crippen LogP contribution in [0.2, 0.25) is 0 Å². The molecule has 0 unspecified atom stereocenters. The van der Waals surface area contributed by atoms with Crippen molar-refractivity contribution < 1.29 is 9.53 Å². The van der Waals surface area contributed by atoms with Crippen LogP contribution in [0.25, 0.3) is 12.2 Å². The van der Waals surface area contributed by atoms with E-state index in [4.69, 9.17) is 4.74 Å². The lowest BCUT2D eigenvalue weighted by atomic mass is 10.2. The molecule has 0 fully saturated rings. The molecule has 0 aliphatic carbocycles. The van der Waals surface area contributed by atoms with Crippen LogP contribution < -0.4 is 0 Å². The number of benzene rings is 2. The molecular formula is C18H16O2. The summed E-state index contributed by atoms with van der Waals surface area (Å²) in [7, 11) is 0. The zero-order valence-corrected chi connectivity index (χ0v) is 11.1. The molecule has 0 saturated carbocycles. The molecule has 0 N–H and O–H groups in total. The first-order chi connectivity index (χ1) is 9.84. The van der Waals surface area contributed by atoms with Crippen LogP contribution in [0.15, 0.2) is 72.8 Å². The van der Waals surface area contributed by atoms with Crippen molar-refractivity contribution in [2.75, 3.05) is 6.61 Å². The van der Waals surface area contributed by atoms with E-state index in [1.807, 2.05) is 72.8 Å². The van der Waals surface area contributed by atoms with Gasteiger partial charge in [0.05, 0.1) is 0 Å². The molecule has 0 aliphatic heterocycles. The quantitative estimate of drug-likeness (QED) is 0.603. The van der Waals surface area contributed by atoms with Gasteiger partial charge in [-0.2, -0.15) is 0 Å². The van der Waals surface area contributed by atoms with Crippen LogP contribution in [0.5, 0.6) is 0 Å². The van der Waals surface area contributed by atoms with E-state index in [0.717, 1.165) is 11.1 Å². The molecular weight excluding hydrogens is 248 g/mol. The Kier molecular flexibility index (Phi) is 5.35. The second kappa shape index (κ2) is 7.74. The van der Waals surface area contributed by atoms with Crippen molar-refractivity contribution in [3.8, 4) is 0 Å². The van der Waals surface area contributed by atoms with Crippen LogP contribution in [0.4, 0.5) is 0 Å². The van der Waals surface area contributed by atoms with E-state index in [9.17, 15) is 4.79 Å². The molecule has 0 bridgehead atoms. The summed E-state index contributed by atoms with van der Waals surface area (Å²) >= 11 is 0. The van der Waals surface area contributed by atoms with Crippen molar-refractivity contribution >= 4 is 18.1 Å². The molecule has 0 aliphatic rings. The second-order valence-corrected chi connectivity index (χ2v) is 4.19. The molecule has 2 heteroatoms. The Labute approximate surface area is 119 Å². The molecule has 2 aromatic rings. The summed E-state index contributed by atoms with van der Waals surface area (Å²) in [6.07, 6.45) is 6.92. The van der Waals surface area contributed by atoms with Gasteiger partial charge in [-0.15, -0.1) is 0 Å². The van der Waals surface area contributed by atoms with E-state index in [-0.39, 0.29) is 12.6 Å². The molecule has 0 aromatic heterocycles. The Balaban J connectivity index is 1.76. The highest BCUT2D eigenvalue weighted by molar-refractivity contribution is 5.87. The highest BCUT2D eigenvalue weighted by Gasteiger charge is 1.94. The Morgan fingerprint density at radius 1 is 0.850 bits per heavy atom. The fraction of sp³-hybridized carbons (Fsp3) is 0.0556. The summed E-state index contributed by atoms with van der Waals surface area (Å²) in [5.41, 5.74) is 2.06. The normalized spacial score (nSPS) is 11.0. The summed E-state index contributed by atoms with van der Waals surface area (Å²) in [5, 5.41) is 0. The largest absolute Gasteiger partial charge is 0.458 e. The fourth-order valence-electron chi connectivity index (χ4n) is 1.66. The average molecular weight is 264 g/mol. The Morgan fingerprint density at radius 3 is 2.00 bits per heavy atom. The van der Waals surface area contributed by atoms with Gasteiger partial charge in [0, 0.05) is 6.08 Å². The average Bonchev–Trinajstić information content (AvgIpc) is 2.52. The molecule has 0 spiro atoms. The number of rotatable bonds is 5. The maximum Gasteiger partial charge on any atom is 0.331 e. The molecule has 0 atom stereocenters. The smallest absolute Gasteiger partial charge is 0.331 e. The van der Waals surface area contributed by atoms with Crippen LogP contribution in [0, 0.1) is 0 Å². The topological polar surface area (TPSA) is 26.3 Å². The lowest BCUT2D eigenvalue weighted by molar-refractivity contribution is -0.136. The minimum Gasteiger partial charge on any atom is -0.458 e. The maximum atomic E-state index is 11.5. The lowest BCUT2D eigenvalue weighted by Crippen LogP contribution is -1.99. The number of carbonyl (C=O) groups is 1.